The van der Waals surface area contributed by atoms with Crippen LogP contribution in [0.5, 0.6) is 0 Å². The third-order valence-electron chi connectivity index (χ3n) is 4.03. The number of carbonyl (C=O) groups excluding carboxylic acids is 1. The SMILES string of the molecule is CO[C@@H]1CCN(C(=O)c2cnccn2)[C@@H]1Cc1cnn(C)c1. The molecule has 0 bridgehead atoms. The van der Waals surface area contributed by atoms with Gasteiger partial charge in [0.25, 0.3) is 5.91 Å². The highest BCUT2D eigenvalue weighted by atomic mass is 16.5. The van der Waals surface area contributed by atoms with Gasteiger partial charge in [0.15, 0.2) is 0 Å². The van der Waals surface area contributed by atoms with Crippen molar-refractivity contribution in [2.75, 3.05) is 13.7 Å². The Bertz CT molecular complexity index is 642. The summed E-state index contributed by atoms with van der Waals surface area (Å²) in [5.41, 5.74) is 1.46. The number of rotatable bonds is 4. The van der Waals surface area contributed by atoms with Crippen molar-refractivity contribution in [2.24, 2.45) is 7.05 Å². The van der Waals surface area contributed by atoms with E-state index in [2.05, 4.69) is 15.1 Å². The standard InChI is InChI=1S/C15H19N5O2/c1-19-10-11(8-18-19)7-13-14(22-2)3-6-20(13)15(21)12-9-16-4-5-17-12/h4-5,8-10,13-14H,3,6-7H2,1-2H3/t13-,14-/m1/s1. The Morgan fingerprint density at radius 1 is 1.41 bits per heavy atom. The second-order valence-electron chi connectivity index (χ2n) is 5.45. The summed E-state index contributed by atoms with van der Waals surface area (Å²) in [5, 5.41) is 4.19. The summed E-state index contributed by atoms with van der Waals surface area (Å²) in [5.74, 6) is -0.0958. The molecular formula is C15H19N5O2. The molecule has 0 N–H and O–H groups in total. The minimum Gasteiger partial charge on any atom is -0.379 e. The van der Waals surface area contributed by atoms with Crippen LogP contribution in [0.4, 0.5) is 0 Å². The zero-order chi connectivity index (χ0) is 15.5. The van der Waals surface area contributed by atoms with Crippen molar-refractivity contribution in [3.8, 4) is 0 Å². The zero-order valence-electron chi connectivity index (χ0n) is 12.7. The Kier molecular flexibility index (Phi) is 4.15. The van der Waals surface area contributed by atoms with Crippen LogP contribution in [0.3, 0.4) is 0 Å². The molecule has 7 nitrogen and oxygen atoms in total. The summed E-state index contributed by atoms with van der Waals surface area (Å²) in [6.07, 6.45) is 9.97. The molecule has 0 aromatic carbocycles. The number of aryl methyl sites for hydroxylation is 1. The van der Waals surface area contributed by atoms with E-state index in [1.807, 2.05) is 24.3 Å². The predicted molar refractivity (Wildman–Crippen MR) is 79.2 cm³/mol. The van der Waals surface area contributed by atoms with Crippen LogP contribution >= 0.6 is 0 Å². The molecule has 2 atom stereocenters. The number of hydrogen-bond acceptors (Lipinski definition) is 5. The van der Waals surface area contributed by atoms with Crippen molar-refractivity contribution in [2.45, 2.75) is 25.0 Å². The fourth-order valence-corrected chi connectivity index (χ4v) is 2.97. The van der Waals surface area contributed by atoms with Crippen LogP contribution in [0.2, 0.25) is 0 Å². The number of nitrogens with zero attached hydrogens (tertiary/aromatic N) is 5. The van der Waals surface area contributed by atoms with Crippen molar-refractivity contribution < 1.29 is 9.53 Å². The summed E-state index contributed by atoms with van der Waals surface area (Å²) in [6, 6.07) is -0.0105. The van der Waals surface area contributed by atoms with Crippen molar-refractivity contribution in [1.29, 1.82) is 0 Å². The molecule has 3 heterocycles. The zero-order valence-corrected chi connectivity index (χ0v) is 12.7. The average Bonchev–Trinajstić information content (AvgIpc) is 3.14. The fraction of sp³-hybridized carbons (Fsp3) is 0.467. The summed E-state index contributed by atoms with van der Waals surface area (Å²) in [6.45, 7) is 0.666. The molecule has 22 heavy (non-hydrogen) atoms. The van der Waals surface area contributed by atoms with Gasteiger partial charge in [-0.2, -0.15) is 5.10 Å². The van der Waals surface area contributed by atoms with Gasteiger partial charge in [-0.05, 0) is 18.4 Å². The number of amides is 1. The molecule has 0 unspecified atom stereocenters. The molecule has 2 aromatic rings. The number of hydrogen-bond donors (Lipinski definition) is 0. The molecule has 0 spiro atoms. The lowest BCUT2D eigenvalue weighted by Crippen LogP contribution is -2.42. The van der Waals surface area contributed by atoms with Gasteiger partial charge in [-0.3, -0.25) is 14.5 Å². The Hall–Kier alpha value is -2.28. The molecule has 116 valence electrons. The molecule has 1 aliphatic heterocycles. The predicted octanol–water partition coefficient (Wildman–Crippen LogP) is 0.682. The molecule has 1 fully saturated rings. The van der Waals surface area contributed by atoms with E-state index in [9.17, 15) is 4.79 Å². The lowest BCUT2D eigenvalue weighted by Gasteiger charge is -2.27. The van der Waals surface area contributed by atoms with Crippen LogP contribution in [0.25, 0.3) is 0 Å². The Morgan fingerprint density at radius 2 is 2.27 bits per heavy atom. The van der Waals surface area contributed by atoms with Crippen molar-refractivity contribution in [1.82, 2.24) is 24.6 Å². The molecule has 7 heteroatoms. The largest absolute Gasteiger partial charge is 0.379 e. The molecule has 1 saturated heterocycles. The van der Waals surface area contributed by atoms with Crippen molar-refractivity contribution >= 4 is 5.91 Å². The Labute approximate surface area is 128 Å². The first-order valence-corrected chi connectivity index (χ1v) is 7.26. The molecule has 1 aliphatic rings. The number of aromatic nitrogens is 4. The van der Waals surface area contributed by atoms with E-state index in [1.165, 1.54) is 12.4 Å². The maximum absolute atomic E-state index is 12.7. The van der Waals surface area contributed by atoms with Crippen LogP contribution < -0.4 is 0 Å². The van der Waals surface area contributed by atoms with Crippen molar-refractivity contribution in [3.05, 3.63) is 42.2 Å². The second kappa shape index (κ2) is 6.23. The van der Waals surface area contributed by atoms with Gasteiger partial charge in [0.2, 0.25) is 0 Å². The van der Waals surface area contributed by atoms with Gasteiger partial charge in [0, 0.05) is 39.3 Å². The van der Waals surface area contributed by atoms with Gasteiger partial charge in [-0.1, -0.05) is 0 Å². The van der Waals surface area contributed by atoms with Gasteiger partial charge >= 0.3 is 0 Å². The molecular weight excluding hydrogens is 282 g/mol. The molecule has 0 radical (unpaired) electrons. The van der Waals surface area contributed by atoms with E-state index >= 15 is 0 Å². The number of methoxy groups -OCH3 is 1. The monoisotopic (exact) mass is 301 g/mol. The van der Waals surface area contributed by atoms with Crippen LogP contribution in [0, 0.1) is 0 Å². The van der Waals surface area contributed by atoms with Crippen molar-refractivity contribution in [3.63, 3.8) is 0 Å². The fourth-order valence-electron chi connectivity index (χ4n) is 2.97. The van der Waals surface area contributed by atoms with E-state index in [0.29, 0.717) is 12.2 Å². The van der Waals surface area contributed by atoms with Crippen LogP contribution in [0.15, 0.2) is 31.0 Å². The first-order chi connectivity index (χ1) is 10.7. The van der Waals surface area contributed by atoms with E-state index in [4.69, 9.17) is 4.74 Å². The number of carbonyl (C=O) groups is 1. The van der Waals surface area contributed by atoms with E-state index in [1.54, 1.807) is 18.0 Å². The smallest absolute Gasteiger partial charge is 0.274 e. The van der Waals surface area contributed by atoms with Gasteiger partial charge in [-0.25, -0.2) is 4.98 Å². The maximum atomic E-state index is 12.7. The van der Waals surface area contributed by atoms with Crippen LogP contribution in [-0.2, 0) is 18.2 Å². The summed E-state index contributed by atoms with van der Waals surface area (Å²) < 4.78 is 7.33. The summed E-state index contributed by atoms with van der Waals surface area (Å²) >= 11 is 0. The maximum Gasteiger partial charge on any atom is 0.274 e. The first-order valence-electron chi connectivity index (χ1n) is 7.26. The number of ether oxygens (including phenoxy) is 1. The quantitative estimate of drug-likeness (QED) is 0.830. The molecule has 3 rings (SSSR count). The van der Waals surface area contributed by atoms with Gasteiger partial charge < -0.3 is 9.64 Å². The molecule has 1 amide bonds. The summed E-state index contributed by atoms with van der Waals surface area (Å²) in [4.78, 5) is 22.6. The first kappa shape index (κ1) is 14.6. The van der Waals surface area contributed by atoms with E-state index in [-0.39, 0.29) is 18.1 Å². The number of likely N-dealkylation sites (tertiary alicyclic amines) is 1. The highest BCUT2D eigenvalue weighted by Gasteiger charge is 2.38. The van der Waals surface area contributed by atoms with Gasteiger partial charge in [-0.15, -0.1) is 0 Å². The lowest BCUT2D eigenvalue weighted by atomic mass is 10.0. The highest BCUT2D eigenvalue weighted by molar-refractivity contribution is 5.92. The minimum atomic E-state index is -0.0958. The highest BCUT2D eigenvalue weighted by Crippen LogP contribution is 2.25. The van der Waals surface area contributed by atoms with E-state index in [0.717, 1.165) is 18.4 Å². The Morgan fingerprint density at radius 3 is 2.91 bits per heavy atom. The minimum absolute atomic E-state index is 0.0105. The van der Waals surface area contributed by atoms with Crippen LogP contribution in [-0.4, -0.2) is 56.4 Å². The average molecular weight is 301 g/mol. The molecule has 0 aliphatic carbocycles. The van der Waals surface area contributed by atoms with Gasteiger partial charge in [0.05, 0.1) is 24.5 Å². The topological polar surface area (TPSA) is 73.1 Å². The third-order valence-corrected chi connectivity index (χ3v) is 4.03. The second-order valence-corrected chi connectivity index (χ2v) is 5.45. The third kappa shape index (κ3) is 2.85. The Balaban J connectivity index is 1.81. The van der Waals surface area contributed by atoms with Gasteiger partial charge in [0.1, 0.15) is 5.69 Å². The summed E-state index contributed by atoms with van der Waals surface area (Å²) in [7, 11) is 3.58. The molecule has 2 aromatic heterocycles. The molecule has 0 saturated carbocycles. The lowest BCUT2D eigenvalue weighted by molar-refractivity contribution is 0.0504. The normalized spacial score (nSPS) is 21.3. The van der Waals surface area contributed by atoms with Crippen LogP contribution in [0.1, 0.15) is 22.5 Å². The van der Waals surface area contributed by atoms with E-state index < -0.39 is 0 Å².